The quantitative estimate of drug-likeness (QED) is 0.150. The maximum Gasteiger partial charge on any atom is 0.490 e. The van der Waals surface area contributed by atoms with Crippen molar-refractivity contribution < 1.29 is 9.15 Å². The molecular formula is C65H46N6+2. The maximum absolute atomic E-state index is 5.41. The van der Waals surface area contributed by atoms with Gasteiger partial charge in [-0.05, 0) is 145 Å². The molecule has 3 atom stereocenters. The number of hydrogen-bond donors (Lipinski definition) is 0. The Bertz CT molecular complexity index is 3850. The summed E-state index contributed by atoms with van der Waals surface area (Å²) < 4.78 is 4.25. The van der Waals surface area contributed by atoms with Gasteiger partial charge in [0.2, 0.25) is 12.4 Å². The Kier molecular flexibility index (Phi) is 8.83. The molecule has 1 aliphatic heterocycles. The predicted molar refractivity (Wildman–Crippen MR) is 279 cm³/mol. The molecule has 0 saturated carbocycles. The fourth-order valence-electron chi connectivity index (χ4n) is 13.2. The van der Waals surface area contributed by atoms with Crippen molar-refractivity contribution in [2.24, 2.45) is 0 Å². The molecule has 334 valence electrons. The molecule has 6 heteroatoms. The monoisotopic (exact) mass is 910 g/mol. The van der Waals surface area contributed by atoms with Crippen molar-refractivity contribution >= 4 is 6.01 Å². The van der Waals surface area contributed by atoms with Gasteiger partial charge >= 0.3 is 6.01 Å². The average Bonchev–Trinajstić information content (AvgIpc) is 4.17. The lowest BCUT2D eigenvalue weighted by atomic mass is 9.64. The van der Waals surface area contributed by atoms with Gasteiger partial charge in [0, 0.05) is 54.5 Å². The number of nitrogens with zero attached hydrogens (tertiary/aromatic N) is 6. The first-order valence-corrected chi connectivity index (χ1v) is 24.3. The van der Waals surface area contributed by atoms with Crippen LogP contribution in [-0.2, 0) is 16.4 Å². The minimum Gasteiger partial charge on any atom is -0.264 e. The standard InChI is InChI=1S/C65H46N6/c1-42-13-10-14-43(2)62(42)44-25-32-69-61(35-44)64(56-23-8-5-20-50(56)53-27-30-67-39-59(53)64)47-17-11-15-45(36-47)63(55-22-7-4-19-49(55)52-26-29-66-38-58(52)63)46-16-12-18-48(37-46)65(71-34-33-70(3)41-71)57-24-9-6-21-51(57)54-28-31-68-40-60(54)65/h4-40H,1-3H3/q+2. The molecule has 6 aromatic carbocycles. The molecule has 0 amide bonds. The molecule has 0 N–H and O–H groups in total. The topological polar surface area (TPSA) is 57.6 Å². The van der Waals surface area contributed by atoms with Crippen molar-refractivity contribution in [1.29, 1.82) is 0 Å². The summed E-state index contributed by atoms with van der Waals surface area (Å²) in [6.45, 7) is 4.40. The molecule has 14 rings (SSSR count). The van der Waals surface area contributed by atoms with Crippen LogP contribution in [0.5, 0.6) is 0 Å². The zero-order valence-corrected chi connectivity index (χ0v) is 39.5. The fraction of sp³-hybridized carbons (Fsp3) is 0.0923. The van der Waals surface area contributed by atoms with Gasteiger partial charge in [-0.2, -0.15) is 0 Å². The highest BCUT2D eigenvalue weighted by Crippen LogP contribution is 2.60. The number of aromatic nitrogens is 4. The lowest BCUT2D eigenvalue weighted by Crippen LogP contribution is -2.38. The third-order valence-electron chi connectivity index (χ3n) is 15.9. The van der Waals surface area contributed by atoms with E-state index in [1.54, 1.807) is 0 Å². The third-order valence-corrected chi connectivity index (χ3v) is 15.9. The highest BCUT2D eigenvalue weighted by molar-refractivity contribution is 5.89. The Morgan fingerprint density at radius 1 is 0.408 bits per heavy atom. The Morgan fingerprint density at radius 3 is 1.51 bits per heavy atom. The summed E-state index contributed by atoms with van der Waals surface area (Å²) in [5.74, 6) is 0. The molecule has 0 fully saturated rings. The number of fused-ring (bicyclic) bond motifs is 9. The molecule has 3 aliphatic carbocycles. The van der Waals surface area contributed by atoms with Gasteiger partial charge in [-0.25, -0.2) is 0 Å². The van der Waals surface area contributed by atoms with Crippen LogP contribution < -0.4 is 0 Å². The first-order valence-electron chi connectivity index (χ1n) is 24.3. The van der Waals surface area contributed by atoms with Crippen molar-refractivity contribution in [2.75, 3.05) is 7.05 Å². The van der Waals surface area contributed by atoms with Gasteiger partial charge in [0.15, 0.2) is 7.05 Å². The van der Waals surface area contributed by atoms with E-state index in [1.807, 2.05) is 42.6 Å². The predicted octanol–water partition coefficient (Wildman–Crippen LogP) is 12.9. The van der Waals surface area contributed by atoms with Crippen LogP contribution in [0.15, 0.2) is 226 Å². The molecule has 6 nitrogen and oxygen atoms in total. The number of rotatable bonds is 7. The van der Waals surface area contributed by atoms with Gasteiger partial charge in [0.1, 0.15) is 0 Å². The number of hydrogen-bond acceptors (Lipinski definition) is 4. The number of aryl methyl sites for hydroxylation is 2. The summed E-state index contributed by atoms with van der Waals surface area (Å²) in [6, 6.07) is 66.5. The third kappa shape index (κ3) is 5.43. The maximum atomic E-state index is 5.41. The summed E-state index contributed by atoms with van der Waals surface area (Å²) in [5, 5.41) is 0. The highest BCUT2D eigenvalue weighted by atomic mass is 15.2. The van der Waals surface area contributed by atoms with Gasteiger partial charge in [-0.15, -0.1) is 0 Å². The van der Waals surface area contributed by atoms with Crippen LogP contribution in [0.25, 0.3) is 44.5 Å². The SMILES string of the molecule is Cc1cccc(C)c1-c1ccnc(C2(c3cccc(C4(c5cccc(C6([N+]7=C=[N+](C)C=C7)c7ccccc7-c7ccncc76)c5)c5ccccc5-c5ccncc54)c3)c3ccccc3-c3ccncc32)c1. The van der Waals surface area contributed by atoms with E-state index >= 15 is 0 Å². The van der Waals surface area contributed by atoms with Crippen LogP contribution >= 0.6 is 0 Å². The molecule has 4 aromatic heterocycles. The summed E-state index contributed by atoms with van der Waals surface area (Å²) in [7, 11) is 2.03. The molecule has 0 saturated heterocycles. The minimum absolute atomic E-state index is 0.781. The number of benzene rings is 6. The lowest BCUT2D eigenvalue weighted by Gasteiger charge is -2.37. The highest BCUT2D eigenvalue weighted by Gasteiger charge is 2.57. The van der Waals surface area contributed by atoms with E-state index in [-0.39, 0.29) is 0 Å². The first kappa shape index (κ1) is 41.1. The van der Waals surface area contributed by atoms with Gasteiger partial charge < -0.3 is 0 Å². The Labute approximate surface area is 413 Å². The van der Waals surface area contributed by atoms with Crippen molar-refractivity contribution in [3.05, 3.63) is 298 Å². The van der Waals surface area contributed by atoms with Crippen LogP contribution in [-0.4, -0.2) is 42.1 Å². The summed E-state index contributed by atoms with van der Waals surface area (Å²) >= 11 is 0. The van der Waals surface area contributed by atoms with Gasteiger partial charge in [-0.3, -0.25) is 19.9 Å². The summed E-state index contributed by atoms with van der Waals surface area (Å²) in [5.41, 5.74) is 21.9. The first-order chi connectivity index (χ1) is 34.9. The van der Waals surface area contributed by atoms with E-state index in [2.05, 4.69) is 219 Å². The van der Waals surface area contributed by atoms with Crippen molar-refractivity contribution in [2.45, 2.75) is 30.2 Å². The molecule has 4 aliphatic rings. The summed E-state index contributed by atoms with van der Waals surface area (Å²) in [4.78, 5) is 20.0. The van der Waals surface area contributed by atoms with E-state index in [9.17, 15) is 0 Å². The average molecular weight is 911 g/mol. The van der Waals surface area contributed by atoms with Crippen LogP contribution in [0.3, 0.4) is 0 Å². The van der Waals surface area contributed by atoms with E-state index in [0.29, 0.717) is 0 Å². The van der Waals surface area contributed by atoms with Crippen molar-refractivity contribution in [1.82, 2.24) is 19.9 Å². The minimum atomic E-state index is -0.824. The smallest absolute Gasteiger partial charge is 0.264 e. The Balaban J connectivity index is 1.08. The normalized spacial score (nSPS) is 19.5. The van der Waals surface area contributed by atoms with Crippen LogP contribution in [0.4, 0.5) is 0 Å². The van der Waals surface area contributed by atoms with E-state index in [0.717, 1.165) is 55.8 Å². The van der Waals surface area contributed by atoms with Crippen molar-refractivity contribution in [3.8, 4) is 44.5 Å². The summed E-state index contributed by atoms with van der Waals surface area (Å²) in [6.07, 6.45) is 18.2. The van der Waals surface area contributed by atoms with Gasteiger partial charge in [0.25, 0.3) is 5.54 Å². The van der Waals surface area contributed by atoms with E-state index in [4.69, 9.17) is 19.9 Å². The molecule has 10 aromatic rings. The fourth-order valence-corrected chi connectivity index (χ4v) is 13.2. The second-order valence-corrected chi connectivity index (χ2v) is 19.3. The van der Waals surface area contributed by atoms with Crippen molar-refractivity contribution in [3.63, 3.8) is 0 Å². The van der Waals surface area contributed by atoms with Crippen LogP contribution in [0.2, 0.25) is 0 Å². The van der Waals surface area contributed by atoms with Crippen LogP contribution in [0, 0.1) is 13.8 Å². The Morgan fingerprint density at radius 2 is 0.887 bits per heavy atom. The molecule has 5 heterocycles. The second kappa shape index (κ2) is 15.3. The zero-order chi connectivity index (χ0) is 47.5. The molecule has 0 radical (unpaired) electrons. The van der Waals surface area contributed by atoms with Crippen LogP contribution in [0.1, 0.15) is 72.5 Å². The molecule has 0 bridgehead atoms. The lowest BCUT2D eigenvalue weighted by molar-refractivity contribution is -0.533. The number of pyridine rings is 4. The van der Waals surface area contributed by atoms with E-state index in [1.165, 1.54) is 61.2 Å². The second-order valence-electron chi connectivity index (χ2n) is 19.3. The molecular weight excluding hydrogens is 865 g/mol. The van der Waals surface area contributed by atoms with E-state index < -0.39 is 16.4 Å². The Hall–Kier alpha value is -8.96. The molecule has 71 heavy (non-hydrogen) atoms. The van der Waals surface area contributed by atoms with Gasteiger partial charge in [0.05, 0.1) is 22.1 Å². The largest absolute Gasteiger partial charge is 0.490 e. The zero-order valence-electron chi connectivity index (χ0n) is 39.5. The molecule has 0 spiro atoms. The van der Waals surface area contributed by atoms with Gasteiger partial charge in [-0.1, -0.05) is 143 Å². The molecule has 3 unspecified atom stereocenters.